The Balaban J connectivity index is 2.17. The average molecular weight is 354 g/mol. The number of hydrogen-bond donors (Lipinski definition) is 2. The van der Waals surface area contributed by atoms with Gasteiger partial charge in [-0.2, -0.15) is 0 Å². The molecule has 0 amide bonds. The second-order valence-corrected chi connectivity index (χ2v) is 8.08. The van der Waals surface area contributed by atoms with E-state index in [1.165, 1.54) is 11.0 Å². The maximum absolute atomic E-state index is 12.0. The number of nitrogens with zero attached hydrogens (tertiary/aromatic N) is 1. The summed E-state index contributed by atoms with van der Waals surface area (Å²) in [5, 5.41) is 0. The average Bonchev–Trinajstić information content (AvgIpc) is 2.56. The van der Waals surface area contributed by atoms with Crippen LogP contribution in [0.15, 0.2) is 36.9 Å². The van der Waals surface area contributed by atoms with Crippen molar-refractivity contribution in [1.82, 2.24) is 4.72 Å². The van der Waals surface area contributed by atoms with Gasteiger partial charge >= 0.3 is 0 Å². The molecule has 1 atom stereocenters. The second kappa shape index (κ2) is 8.62. The summed E-state index contributed by atoms with van der Waals surface area (Å²) in [6.07, 6.45) is 1.41. The number of hydrogen-bond acceptors (Lipinski definition) is 4. The van der Waals surface area contributed by atoms with Gasteiger partial charge in [0.2, 0.25) is 10.0 Å². The Kier molecular flexibility index (Phi) is 6.79. The fraction of sp³-hybridized carbons (Fsp3) is 0.529. The summed E-state index contributed by atoms with van der Waals surface area (Å²) in [6.45, 7) is 7.06. The van der Waals surface area contributed by atoms with Crippen molar-refractivity contribution in [1.29, 1.82) is 0 Å². The van der Waals surface area contributed by atoms with E-state index < -0.39 is 10.0 Å². The van der Waals surface area contributed by atoms with E-state index in [1.54, 1.807) is 0 Å². The van der Waals surface area contributed by atoms with Crippen molar-refractivity contribution in [3.63, 3.8) is 0 Å². The largest absolute Gasteiger partial charge is 0.378 e. The predicted octanol–water partition coefficient (Wildman–Crippen LogP) is -0.186. The monoisotopic (exact) mass is 354 g/mol. The summed E-state index contributed by atoms with van der Waals surface area (Å²) in [4.78, 5) is 3.40. The van der Waals surface area contributed by atoms with Gasteiger partial charge in [0, 0.05) is 25.3 Å². The number of sulfonamides is 1. The van der Waals surface area contributed by atoms with Crippen LogP contribution >= 0.6 is 0 Å². The molecule has 0 bridgehead atoms. The normalized spacial score (nSPS) is 17.4. The highest BCUT2D eigenvalue weighted by atomic mass is 32.2. The first-order chi connectivity index (χ1) is 11.4. The van der Waals surface area contributed by atoms with E-state index in [4.69, 9.17) is 4.74 Å². The zero-order valence-corrected chi connectivity index (χ0v) is 15.3. The molecule has 134 valence electrons. The van der Waals surface area contributed by atoms with Gasteiger partial charge in [0.05, 0.1) is 25.5 Å². The number of quaternary nitrogens is 1. The molecule has 0 unspecified atom stereocenters. The maximum Gasteiger partial charge on any atom is 0.215 e. The summed E-state index contributed by atoms with van der Waals surface area (Å²) in [6, 6.07) is 8.39. The molecule has 1 aromatic rings. The molecular formula is C17H28N3O3S+. The highest BCUT2D eigenvalue weighted by Crippen LogP contribution is 2.16. The fourth-order valence-electron chi connectivity index (χ4n) is 2.91. The van der Waals surface area contributed by atoms with Gasteiger partial charge in [0.25, 0.3) is 0 Å². The molecule has 1 aromatic carbocycles. The zero-order chi connectivity index (χ0) is 17.6. The Morgan fingerprint density at radius 1 is 1.29 bits per heavy atom. The maximum atomic E-state index is 12.0. The molecule has 1 heterocycles. The van der Waals surface area contributed by atoms with Gasteiger partial charge in [0.1, 0.15) is 19.1 Å². The standard InChI is InChI=1S/C17H27N3O3S/c1-4-13-24(21,22)18-14-17(20-9-11-23-12-10-20)15-5-7-16(8-6-15)19(2)3/h4-8,17-18H,1,9-14H2,2-3H3/p+1/t17-/m1/s1. The van der Waals surface area contributed by atoms with Crippen LogP contribution in [0.2, 0.25) is 0 Å². The van der Waals surface area contributed by atoms with Crippen molar-refractivity contribution in [3.8, 4) is 0 Å². The van der Waals surface area contributed by atoms with Gasteiger partial charge in [-0.1, -0.05) is 18.2 Å². The van der Waals surface area contributed by atoms with Crippen LogP contribution in [0.5, 0.6) is 0 Å². The topological polar surface area (TPSA) is 63.1 Å². The van der Waals surface area contributed by atoms with Crippen LogP contribution in [-0.2, 0) is 14.8 Å². The summed E-state index contributed by atoms with van der Waals surface area (Å²) in [7, 11) is 0.690. The lowest BCUT2D eigenvalue weighted by Crippen LogP contribution is -3.15. The van der Waals surface area contributed by atoms with Crippen LogP contribution in [0.25, 0.3) is 0 Å². The molecule has 1 saturated heterocycles. The molecule has 1 aliphatic rings. The van der Waals surface area contributed by atoms with Gasteiger partial charge in [-0.05, 0) is 12.1 Å². The minimum Gasteiger partial charge on any atom is -0.378 e. The van der Waals surface area contributed by atoms with Crippen molar-refractivity contribution < 1.29 is 18.1 Å². The van der Waals surface area contributed by atoms with E-state index in [0.29, 0.717) is 19.8 Å². The summed E-state index contributed by atoms with van der Waals surface area (Å²) in [5.41, 5.74) is 2.26. The third-order valence-electron chi connectivity index (χ3n) is 4.28. The van der Waals surface area contributed by atoms with Gasteiger partial charge < -0.3 is 14.5 Å². The predicted molar refractivity (Wildman–Crippen MR) is 97.0 cm³/mol. The summed E-state index contributed by atoms with van der Waals surface area (Å²) >= 11 is 0. The van der Waals surface area contributed by atoms with Gasteiger partial charge in [-0.25, -0.2) is 13.1 Å². The van der Waals surface area contributed by atoms with Crippen LogP contribution in [0.1, 0.15) is 11.6 Å². The summed E-state index contributed by atoms with van der Waals surface area (Å²) in [5.74, 6) is -0.0578. The lowest BCUT2D eigenvalue weighted by atomic mass is 10.0. The minimum absolute atomic E-state index is 0.0578. The number of morpholine rings is 1. The van der Waals surface area contributed by atoms with Crippen molar-refractivity contribution in [2.45, 2.75) is 6.04 Å². The molecule has 0 aliphatic carbocycles. The Morgan fingerprint density at radius 2 is 1.92 bits per heavy atom. The van der Waals surface area contributed by atoms with Crippen LogP contribution in [0.4, 0.5) is 5.69 Å². The first-order valence-corrected chi connectivity index (χ1v) is 9.86. The van der Waals surface area contributed by atoms with Gasteiger partial charge in [-0.15, -0.1) is 6.58 Å². The molecule has 1 aliphatic heterocycles. The Labute approximate surface area is 145 Å². The SMILES string of the molecule is C=CCS(=O)(=O)NC[C@H](c1ccc(N(C)C)cc1)[NH+]1CCOCC1. The number of benzene rings is 1. The van der Waals surface area contributed by atoms with Crippen molar-refractivity contribution in [3.05, 3.63) is 42.5 Å². The van der Waals surface area contributed by atoms with E-state index in [0.717, 1.165) is 24.3 Å². The van der Waals surface area contributed by atoms with Crippen LogP contribution in [0.3, 0.4) is 0 Å². The highest BCUT2D eigenvalue weighted by molar-refractivity contribution is 7.89. The van der Waals surface area contributed by atoms with E-state index in [2.05, 4.69) is 35.6 Å². The molecule has 2 N–H and O–H groups in total. The van der Waals surface area contributed by atoms with Gasteiger partial charge in [0.15, 0.2) is 0 Å². The third kappa shape index (κ3) is 5.31. The number of nitrogens with one attached hydrogen (secondary N) is 2. The first kappa shape index (κ1) is 18.9. The molecule has 6 nitrogen and oxygen atoms in total. The van der Waals surface area contributed by atoms with E-state index in [1.807, 2.05) is 19.0 Å². The second-order valence-electron chi connectivity index (χ2n) is 6.23. The highest BCUT2D eigenvalue weighted by Gasteiger charge is 2.27. The lowest BCUT2D eigenvalue weighted by molar-refractivity contribution is -0.937. The van der Waals surface area contributed by atoms with E-state index >= 15 is 0 Å². The Hall–Kier alpha value is -1.41. The van der Waals surface area contributed by atoms with Crippen molar-refractivity contribution in [2.24, 2.45) is 0 Å². The van der Waals surface area contributed by atoms with Crippen LogP contribution in [0, 0.1) is 0 Å². The van der Waals surface area contributed by atoms with E-state index in [9.17, 15) is 8.42 Å². The number of rotatable bonds is 8. The molecule has 2 rings (SSSR count). The lowest BCUT2D eigenvalue weighted by Gasteiger charge is -2.32. The Bertz CT molecular complexity index is 623. The fourth-order valence-corrected chi connectivity index (χ4v) is 3.76. The van der Waals surface area contributed by atoms with Crippen LogP contribution < -0.4 is 14.5 Å². The smallest absolute Gasteiger partial charge is 0.215 e. The van der Waals surface area contributed by atoms with Crippen molar-refractivity contribution in [2.75, 3.05) is 57.6 Å². The van der Waals surface area contributed by atoms with E-state index in [-0.39, 0.29) is 11.8 Å². The quantitative estimate of drug-likeness (QED) is 0.636. The number of anilines is 1. The molecule has 0 aromatic heterocycles. The van der Waals surface area contributed by atoms with Gasteiger partial charge in [-0.3, -0.25) is 0 Å². The summed E-state index contributed by atoms with van der Waals surface area (Å²) < 4.78 is 32.1. The molecule has 0 radical (unpaired) electrons. The minimum atomic E-state index is -3.32. The molecule has 24 heavy (non-hydrogen) atoms. The third-order valence-corrected chi connectivity index (χ3v) is 5.57. The molecule has 7 heteroatoms. The molecule has 0 saturated carbocycles. The Morgan fingerprint density at radius 3 is 2.46 bits per heavy atom. The number of ether oxygens (including phenoxy) is 1. The van der Waals surface area contributed by atoms with Crippen LogP contribution in [-0.4, -0.2) is 61.1 Å². The molecule has 1 fully saturated rings. The van der Waals surface area contributed by atoms with Crippen molar-refractivity contribution >= 4 is 15.7 Å². The zero-order valence-electron chi connectivity index (χ0n) is 14.5. The first-order valence-electron chi connectivity index (χ1n) is 8.21. The molecular weight excluding hydrogens is 326 g/mol. The molecule has 0 spiro atoms.